The Morgan fingerprint density at radius 1 is 1.05 bits per heavy atom. The number of aryl methyl sites for hydroxylation is 2. The minimum atomic E-state index is 0.422. The molecular weight excluding hydrogens is 246 g/mol. The van der Waals surface area contributed by atoms with Crippen LogP contribution in [0.4, 0.5) is 5.82 Å². The highest BCUT2D eigenvalue weighted by Crippen LogP contribution is 2.16. The van der Waals surface area contributed by atoms with E-state index in [1.807, 2.05) is 6.07 Å². The summed E-state index contributed by atoms with van der Waals surface area (Å²) in [7, 11) is 0. The van der Waals surface area contributed by atoms with Crippen molar-refractivity contribution in [2.24, 2.45) is 0 Å². The first kappa shape index (κ1) is 14.5. The van der Waals surface area contributed by atoms with Gasteiger partial charge >= 0.3 is 0 Å². The molecule has 2 aromatic rings. The van der Waals surface area contributed by atoms with Crippen molar-refractivity contribution >= 4 is 5.82 Å². The molecule has 3 nitrogen and oxygen atoms in total. The molecule has 0 aliphatic carbocycles. The second-order valence-corrected chi connectivity index (χ2v) is 5.26. The van der Waals surface area contributed by atoms with Gasteiger partial charge < -0.3 is 5.32 Å². The molecule has 0 amide bonds. The summed E-state index contributed by atoms with van der Waals surface area (Å²) < 4.78 is 0. The highest BCUT2D eigenvalue weighted by Gasteiger charge is 2.07. The molecule has 1 aromatic carbocycles. The number of aromatic nitrogens is 2. The molecule has 0 unspecified atom stereocenters. The first-order chi connectivity index (χ1) is 9.69. The summed E-state index contributed by atoms with van der Waals surface area (Å²) in [6, 6.07) is 12.5. The van der Waals surface area contributed by atoms with E-state index in [4.69, 9.17) is 0 Å². The smallest absolute Gasteiger partial charge is 0.131 e. The third-order valence-corrected chi connectivity index (χ3v) is 3.22. The Hall–Kier alpha value is -1.90. The molecule has 0 aliphatic rings. The van der Waals surface area contributed by atoms with E-state index in [1.165, 1.54) is 5.56 Å². The molecule has 0 atom stereocenters. The van der Waals surface area contributed by atoms with Crippen LogP contribution in [0, 0.1) is 0 Å². The quantitative estimate of drug-likeness (QED) is 0.866. The predicted octanol–water partition coefficient (Wildman–Crippen LogP) is 3.82. The van der Waals surface area contributed by atoms with Gasteiger partial charge in [-0.25, -0.2) is 9.97 Å². The summed E-state index contributed by atoms with van der Waals surface area (Å²) in [6.07, 6.45) is 1.86. The zero-order valence-corrected chi connectivity index (χ0v) is 12.6. The van der Waals surface area contributed by atoms with Crippen LogP contribution in [0.1, 0.15) is 43.8 Å². The van der Waals surface area contributed by atoms with Crippen LogP contribution in [0.15, 0.2) is 36.4 Å². The van der Waals surface area contributed by atoms with E-state index in [1.54, 1.807) is 0 Å². The first-order valence-electron chi connectivity index (χ1n) is 7.34. The maximum absolute atomic E-state index is 4.68. The molecule has 0 bridgehead atoms. The highest BCUT2D eigenvalue weighted by molar-refractivity contribution is 5.37. The van der Waals surface area contributed by atoms with E-state index in [0.29, 0.717) is 5.92 Å². The number of anilines is 1. The minimum Gasteiger partial charge on any atom is -0.370 e. The predicted molar refractivity (Wildman–Crippen MR) is 84.1 cm³/mol. The van der Waals surface area contributed by atoms with Gasteiger partial charge in [0.15, 0.2) is 0 Å². The van der Waals surface area contributed by atoms with Gasteiger partial charge in [0.1, 0.15) is 11.6 Å². The fraction of sp³-hybridized carbons (Fsp3) is 0.412. The third kappa shape index (κ3) is 4.05. The molecule has 3 heteroatoms. The Labute approximate surface area is 121 Å². The van der Waals surface area contributed by atoms with Crippen molar-refractivity contribution in [2.75, 3.05) is 11.9 Å². The standard InChI is InChI=1S/C17H23N3/c1-4-18-17-12-15(13(2)3)19-16(20-17)11-10-14-8-6-5-7-9-14/h5-9,12-13H,4,10-11H2,1-3H3,(H,18,19,20). The molecule has 0 aliphatic heterocycles. The van der Waals surface area contributed by atoms with Crippen molar-refractivity contribution in [1.82, 2.24) is 9.97 Å². The molecule has 1 heterocycles. The van der Waals surface area contributed by atoms with Crippen molar-refractivity contribution in [3.8, 4) is 0 Å². The molecule has 0 fully saturated rings. The van der Waals surface area contributed by atoms with Crippen molar-refractivity contribution in [1.29, 1.82) is 0 Å². The highest BCUT2D eigenvalue weighted by atomic mass is 15.0. The molecule has 20 heavy (non-hydrogen) atoms. The molecule has 0 saturated heterocycles. The summed E-state index contributed by atoms with van der Waals surface area (Å²) >= 11 is 0. The van der Waals surface area contributed by atoms with Gasteiger partial charge in [-0.2, -0.15) is 0 Å². The van der Waals surface area contributed by atoms with Crippen LogP contribution in [-0.4, -0.2) is 16.5 Å². The Kier molecular flexibility index (Phi) is 5.10. The van der Waals surface area contributed by atoms with E-state index < -0.39 is 0 Å². The summed E-state index contributed by atoms with van der Waals surface area (Å²) in [6.45, 7) is 7.30. The number of rotatable bonds is 6. The van der Waals surface area contributed by atoms with Crippen LogP contribution in [-0.2, 0) is 12.8 Å². The van der Waals surface area contributed by atoms with Crippen molar-refractivity contribution in [3.63, 3.8) is 0 Å². The number of hydrogen-bond acceptors (Lipinski definition) is 3. The van der Waals surface area contributed by atoms with Crippen LogP contribution in [0.2, 0.25) is 0 Å². The van der Waals surface area contributed by atoms with E-state index in [2.05, 4.69) is 66.4 Å². The number of nitrogens with zero attached hydrogens (tertiary/aromatic N) is 2. The minimum absolute atomic E-state index is 0.422. The van der Waals surface area contributed by atoms with Gasteiger partial charge in [0.25, 0.3) is 0 Å². The second-order valence-electron chi connectivity index (χ2n) is 5.26. The summed E-state index contributed by atoms with van der Waals surface area (Å²) in [4.78, 5) is 9.28. The number of nitrogens with one attached hydrogen (secondary N) is 1. The molecule has 2 rings (SSSR count). The average molecular weight is 269 g/mol. The topological polar surface area (TPSA) is 37.8 Å². The van der Waals surface area contributed by atoms with Crippen molar-refractivity contribution in [2.45, 2.75) is 39.5 Å². The molecule has 0 saturated carbocycles. The summed E-state index contributed by atoms with van der Waals surface area (Å²) in [5, 5.41) is 3.29. The third-order valence-electron chi connectivity index (χ3n) is 3.22. The van der Waals surface area contributed by atoms with Gasteiger partial charge in [-0.15, -0.1) is 0 Å². The largest absolute Gasteiger partial charge is 0.370 e. The van der Waals surface area contributed by atoms with E-state index in [-0.39, 0.29) is 0 Å². The Morgan fingerprint density at radius 2 is 1.80 bits per heavy atom. The Bertz CT molecular complexity index is 535. The first-order valence-corrected chi connectivity index (χ1v) is 7.34. The van der Waals surface area contributed by atoms with Crippen LogP contribution in [0.25, 0.3) is 0 Å². The van der Waals surface area contributed by atoms with E-state index >= 15 is 0 Å². The van der Waals surface area contributed by atoms with Gasteiger partial charge in [0.05, 0.1) is 0 Å². The van der Waals surface area contributed by atoms with Crippen LogP contribution in [0.5, 0.6) is 0 Å². The zero-order valence-electron chi connectivity index (χ0n) is 12.6. The van der Waals surface area contributed by atoms with Crippen LogP contribution < -0.4 is 5.32 Å². The Morgan fingerprint density at radius 3 is 2.45 bits per heavy atom. The number of hydrogen-bond donors (Lipinski definition) is 1. The lowest BCUT2D eigenvalue weighted by Gasteiger charge is -2.11. The normalized spacial score (nSPS) is 10.8. The molecule has 106 valence electrons. The summed E-state index contributed by atoms with van der Waals surface area (Å²) in [5.41, 5.74) is 2.44. The van der Waals surface area contributed by atoms with Gasteiger partial charge in [0.2, 0.25) is 0 Å². The molecule has 1 N–H and O–H groups in total. The summed E-state index contributed by atoms with van der Waals surface area (Å²) in [5.74, 6) is 2.29. The van der Waals surface area contributed by atoms with Gasteiger partial charge in [0, 0.05) is 24.7 Å². The fourth-order valence-electron chi connectivity index (χ4n) is 2.10. The van der Waals surface area contributed by atoms with Crippen LogP contribution >= 0.6 is 0 Å². The molecule has 0 radical (unpaired) electrons. The van der Waals surface area contributed by atoms with Crippen LogP contribution in [0.3, 0.4) is 0 Å². The second kappa shape index (κ2) is 7.04. The Balaban J connectivity index is 2.13. The zero-order chi connectivity index (χ0) is 14.4. The monoisotopic (exact) mass is 269 g/mol. The average Bonchev–Trinajstić information content (AvgIpc) is 2.46. The van der Waals surface area contributed by atoms with Gasteiger partial charge in [-0.05, 0) is 24.8 Å². The lowest BCUT2D eigenvalue weighted by Crippen LogP contribution is -2.08. The van der Waals surface area contributed by atoms with Gasteiger partial charge in [-0.3, -0.25) is 0 Å². The van der Waals surface area contributed by atoms with E-state index in [0.717, 1.165) is 36.7 Å². The van der Waals surface area contributed by atoms with E-state index in [9.17, 15) is 0 Å². The lowest BCUT2D eigenvalue weighted by atomic mass is 10.1. The van der Waals surface area contributed by atoms with Crippen molar-refractivity contribution in [3.05, 3.63) is 53.5 Å². The van der Waals surface area contributed by atoms with Gasteiger partial charge in [-0.1, -0.05) is 44.2 Å². The molecular formula is C17H23N3. The lowest BCUT2D eigenvalue weighted by molar-refractivity contribution is 0.771. The SMILES string of the molecule is CCNc1cc(C(C)C)nc(CCc2ccccc2)n1. The maximum atomic E-state index is 4.68. The maximum Gasteiger partial charge on any atom is 0.131 e. The molecule has 0 spiro atoms. The molecule has 1 aromatic heterocycles. The van der Waals surface area contributed by atoms with Crippen molar-refractivity contribution < 1.29 is 0 Å². The fourth-order valence-corrected chi connectivity index (χ4v) is 2.10. The number of benzene rings is 1.